The van der Waals surface area contributed by atoms with E-state index in [1.165, 1.54) is 0 Å². The van der Waals surface area contributed by atoms with Gasteiger partial charge in [-0.1, -0.05) is 29.8 Å². The number of fused-ring (bicyclic) bond motifs is 1. The fraction of sp³-hybridized carbons (Fsp3) is 0.357. The van der Waals surface area contributed by atoms with Crippen LogP contribution in [0, 0.1) is 18.8 Å². The lowest BCUT2D eigenvalue weighted by molar-refractivity contribution is 0.463. The number of hydrogen-bond acceptors (Lipinski definition) is 3. The molecule has 4 nitrogen and oxygen atoms in total. The van der Waals surface area contributed by atoms with E-state index in [0.717, 1.165) is 24.1 Å². The Kier molecular flexibility index (Phi) is 2.93. The molecular weight excluding hydrogens is 260 g/mol. The molecule has 0 heterocycles. The molecule has 0 bridgehead atoms. The molecule has 2 aliphatic rings. The molecule has 0 radical (unpaired) electrons. The highest BCUT2D eigenvalue weighted by atomic mass is 32.2. The number of rotatable bonds is 3. The number of benzene rings is 1. The standard InChI is InChI=1S/C14H16N2O2S/c1-10-5-7-12(8-6-10)19(17,18)16-15-14-9-11-3-2-4-13(11)14/h2-3,5-8,11,13,16H,4,9H2,1H3. The van der Waals surface area contributed by atoms with Crippen molar-refractivity contribution in [2.45, 2.75) is 24.7 Å². The molecule has 1 saturated carbocycles. The van der Waals surface area contributed by atoms with Gasteiger partial charge in [-0.3, -0.25) is 0 Å². The number of nitrogens with one attached hydrogen (secondary N) is 1. The summed E-state index contributed by atoms with van der Waals surface area (Å²) in [5.41, 5.74) is 2.00. The Labute approximate surface area is 113 Å². The summed E-state index contributed by atoms with van der Waals surface area (Å²) >= 11 is 0. The first-order valence-electron chi connectivity index (χ1n) is 6.38. The maximum Gasteiger partial charge on any atom is 0.276 e. The maximum atomic E-state index is 12.0. The Bertz CT molecular complexity index is 645. The summed E-state index contributed by atoms with van der Waals surface area (Å²) < 4.78 is 24.1. The first kappa shape index (κ1) is 12.4. The first-order chi connectivity index (χ1) is 9.06. The predicted molar refractivity (Wildman–Crippen MR) is 74.3 cm³/mol. The molecule has 100 valence electrons. The summed E-state index contributed by atoms with van der Waals surface area (Å²) in [5, 5.41) is 4.08. The van der Waals surface area contributed by atoms with E-state index in [9.17, 15) is 8.42 Å². The van der Waals surface area contributed by atoms with E-state index >= 15 is 0 Å². The second-order valence-corrected chi connectivity index (χ2v) is 6.81. The van der Waals surface area contributed by atoms with E-state index in [2.05, 4.69) is 22.1 Å². The Hall–Kier alpha value is -1.62. The minimum absolute atomic E-state index is 0.253. The third-order valence-electron chi connectivity index (χ3n) is 3.80. The highest BCUT2D eigenvalue weighted by Gasteiger charge is 2.38. The zero-order valence-electron chi connectivity index (χ0n) is 10.7. The number of nitrogens with zero attached hydrogens (tertiary/aromatic N) is 1. The molecule has 2 aliphatic carbocycles. The van der Waals surface area contributed by atoms with Crippen LogP contribution in [0.1, 0.15) is 18.4 Å². The lowest BCUT2D eigenvalue weighted by Crippen LogP contribution is -2.35. The number of allylic oxidation sites excluding steroid dienone is 2. The molecule has 1 aromatic rings. The molecule has 5 heteroatoms. The van der Waals surface area contributed by atoms with E-state index in [1.807, 2.05) is 6.92 Å². The van der Waals surface area contributed by atoms with Crippen LogP contribution in [0.25, 0.3) is 0 Å². The third-order valence-corrected chi connectivity index (χ3v) is 5.03. The Morgan fingerprint density at radius 1 is 1.26 bits per heavy atom. The van der Waals surface area contributed by atoms with Gasteiger partial charge in [0.2, 0.25) is 0 Å². The van der Waals surface area contributed by atoms with Crippen LogP contribution in [0.4, 0.5) is 0 Å². The first-order valence-corrected chi connectivity index (χ1v) is 7.86. The van der Waals surface area contributed by atoms with E-state index in [-0.39, 0.29) is 4.90 Å². The van der Waals surface area contributed by atoms with Gasteiger partial charge in [-0.25, -0.2) is 4.83 Å². The van der Waals surface area contributed by atoms with Gasteiger partial charge in [-0.2, -0.15) is 13.5 Å². The van der Waals surface area contributed by atoms with Crippen LogP contribution in [0.2, 0.25) is 0 Å². The van der Waals surface area contributed by atoms with Crippen molar-refractivity contribution < 1.29 is 8.42 Å². The van der Waals surface area contributed by atoms with Crippen LogP contribution in [0.5, 0.6) is 0 Å². The molecule has 19 heavy (non-hydrogen) atoms. The largest absolute Gasteiger partial charge is 0.276 e. The number of hydrogen-bond donors (Lipinski definition) is 1. The highest BCUT2D eigenvalue weighted by Crippen LogP contribution is 2.40. The Balaban J connectivity index is 1.72. The van der Waals surface area contributed by atoms with Crippen molar-refractivity contribution in [3.05, 3.63) is 42.0 Å². The SMILES string of the molecule is Cc1ccc(S(=O)(=O)NN=C2CC3C=CCC23)cc1. The molecule has 2 unspecified atom stereocenters. The topological polar surface area (TPSA) is 58.5 Å². The van der Waals surface area contributed by atoms with Crippen LogP contribution in [0.15, 0.2) is 46.4 Å². The zero-order valence-corrected chi connectivity index (χ0v) is 11.5. The molecule has 0 amide bonds. The smallest absolute Gasteiger partial charge is 0.200 e. The average Bonchev–Trinajstić information content (AvgIpc) is 2.72. The van der Waals surface area contributed by atoms with Gasteiger partial charge in [0, 0.05) is 11.6 Å². The van der Waals surface area contributed by atoms with Crippen molar-refractivity contribution >= 4 is 15.7 Å². The Morgan fingerprint density at radius 2 is 2.00 bits per heavy atom. The summed E-state index contributed by atoms with van der Waals surface area (Å²) in [6.45, 7) is 1.92. The molecular formula is C14H16N2O2S. The molecule has 0 aliphatic heterocycles. The molecule has 1 fully saturated rings. The number of sulfonamides is 1. The van der Waals surface area contributed by atoms with Crippen molar-refractivity contribution in [1.82, 2.24) is 4.83 Å². The molecule has 2 atom stereocenters. The van der Waals surface area contributed by atoms with Gasteiger partial charge in [0.1, 0.15) is 0 Å². The van der Waals surface area contributed by atoms with Crippen LogP contribution in [-0.2, 0) is 10.0 Å². The van der Waals surface area contributed by atoms with Gasteiger partial charge in [-0.05, 0) is 37.8 Å². The van der Waals surface area contributed by atoms with E-state index in [1.54, 1.807) is 24.3 Å². The van der Waals surface area contributed by atoms with Crippen LogP contribution in [0.3, 0.4) is 0 Å². The summed E-state index contributed by atoms with van der Waals surface area (Å²) in [7, 11) is -3.53. The zero-order chi connectivity index (χ0) is 13.5. The molecule has 1 aromatic carbocycles. The maximum absolute atomic E-state index is 12.0. The molecule has 0 spiro atoms. The summed E-state index contributed by atoms with van der Waals surface area (Å²) in [4.78, 5) is 2.59. The van der Waals surface area contributed by atoms with E-state index in [4.69, 9.17) is 0 Å². The fourth-order valence-electron chi connectivity index (χ4n) is 2.55. The van der Waals surface area contributed by atoms with Crippen molar-refractivity contribution in [2.24, 2.45) is 16.9 Å². The van der Waals surface area contributed by atoms with Crippen molar-refractivity contribution in [1.29, 1.82) is 0 Å². The van der Waals surface area contributed by atoms with E-state index in [0.29, 0.717) is 11.8 Å². The van der Waals surface area contributed by atoms with Gasteiger partial charge in [0.15, 0.2) is 0 Å². The van der Waals surface area contributed by atoms with Gasteiger partial charge < -0.3 is 0 Å². The number of aryl methyl sites for hydroxylation is 1. The molecule has 0 saturated heterocycles. The van der Waals surface area contributed by atoms with Crippen LogP contribution in [-0.4, -0.2) is 14.1 Å². The van der Waals surface area contributed by atoms with Crippen molar-refractivity contribution in [3.8, 4) is 0 Å². The minimum atomic E-state index is -3.53. The monoisotopic (exact) mass is 276 g/mol. The second kappa shape index (κ2) is 4.49. The van der Waals surface area contributed by atoms with Crippen LogP contribution < -0.4 is 4.83 Å². The van der Waals surface area contributed by atoms with Gasteiger partial charge in [0.05, 0.1) is 4.90 Å². The number of hydrazone groups is 1. The molecule has 1 N–H and O–H groups in total. The normalized spacial score (nSPS) is 27.1. The lowest BCUT2D eigenvalue weighted by atomic mass is 9.74. The van der Waals surface area contributed by atoms with Crippen molar-refractivity contribution in [2.75, 3.05) is 0 Å². The van der Waals surface area contributed by atoms with Gasteiger partial charge >= 0.3 is 0 Å². The summed E-state index contributed by atoms with van der Waals surface area (Å²) in [6.07, 6.45) is 6.19. The highest BCUT2D eigenvalue weighted by molar-refractivity contribution is 7.89. The third kappa shape index (κ3) is 2.30. The molecule has 3 rings (SSSR count). The van der Waals surface area contributed by atoms with E-state index < -0.39 is 10.0 Å². The van der Waals surface area contributed by atoms with Crippen molar-refractivity contribution in [3.63, 3.8) is 0 Å². The quantitative estimate of drug-likeness (QED) is 0.680. The Morgan fingerprint density at radius 3 is 2.68 bits per heavy atom. The van der Waals surface area contributed by atoms with Crippen LogP contribution >= 0.6 is 0 Å². The van der Waals surface area contributed by atoms with Gasteiger partial charge in [-0.15, -0.1) is 0 Å². The minimum Gasteiger partial charge on any atom is -0.200 e. The second-order valence-electron chi connectivity index (χ2n) is 5.15. The summed E-state index contributed by atoms with van der Waals surface area (Å²) in [5.74, 6) is 0.989. The fourth-order valence-corrected chi connectivity index (χ4v) is 3.39. The summed E-state index contributed by atoms with van der Waals surface area (Å²) in [6, 6.07) is 6.75. The average molecular weight is 276 g/mol. The van der Waals surface area contributed by atoms with Gasteiger partial charge in [0.25, 0.3) is 10.0 Å². The molecule has 0 aromatic heterocycles. The lowest BCUT2D eigenvalue weighted by Gasteiger charge is -2.31. The predicted octanol–water partition coefficient (Wildman–Crippen LogP) is 2.23.